The summed E-state index contributed by atoms with van der Waals surface area (Å²) in [5.74, 6) is 0.454. The molecule has 0 aromatic carbocycles. The van der Waals surface area contributed by atoms with E-state index >= 15 is 0 Å². The van der Waals surface area contributed by atoms with Gasteiger partial charge in [0.05, 0.1) is 6.07 Å². The quantitative estimate of drug-likeness (QED) is 0.684. The second-order valence-corrected chi connectivity index (χ2v) is 4.99. The van der Waals surface area contributed by atoms with Crippen molar-refractivity contribution in [2.45, 2.75) is 56.9 Å². The van der Waals surface area contributed by atoms with Crippen molar-refractivity contribution in [3.05, 3.63) is 0 Å². The second-order valence-electron chi connectivity index (χ2n) is 4.99. The molecule has 2 saturated carbocycles. The fourth-order valence-electron chi connectivity index (χ4n) is 2.39. The molecule has 0 spiro atoms. The molecule has 16 heavy (non-hydrogen) atoms. The van der Waals surface area contributed by atoms with E-state index in [1.807, 2.05) is 14.1 Å². The lowest BCUT2D eigenvalue weighted by atomic mass is 9.99. The van der Waals surface area contributed by atoms with E-state index in [4.69, 9.17) is 5.26 Å². The molecule has 0 aromatic rings. The van der Waals surface area contributed by atoms with E-state index in [0.29, 0.717) is 5.78 Å². The number of carbonyl (C=O) groups excluding carboxylic acids is 1. The second kappa shape index (κ2) is 6.00. The molecule has 0 aromatic heterocycles. The van der Waals surface area contributed by atoms with Gasteiger partial charge in [0.2, 0.25) is 0 Å². The zero-order valence-corrected chi connectivity index (χ0v) is 10.5. The van der Waals surface area contributed by atoms with Crippen molar-refractivity contribution < 1.29 is 4.79 Å². The molecular formula is C13H22N2O. The zero-order chi connectivity index (χ0) is 12.0. The van der Waals surface area contributed by atoms with Crippen molar-refractivity contribution in [1.82, 2.24) is 4.90 Å². The highest BCUT2D eigenvalue weighted by Crippen LogP contribution is 2.32. The molecule has 2 fully saturated rings. The van der Waals surface area contributed by atoms with Crippen LogP contribution in [-0.4, -0.2) is 30.3 Å². The number of nitriles is 1. The lowest BCUT2D eigenvalue weighted by Gasteiger charge is -2.28. The predicted molar refractivity (Wildman–Crippen MR) is 64.0 cm³/mol. The first-order valence-electron chi connectivity index (χ1n) is 6.21. The third-order valence-electron chi connectivity index (χ3n) is 3.66. The van der Waals surface area contributed by atoms with Gasteiger partial charge < -0.3 is 0 Å². The van der Waals surface area contributed by atoms with Crippen LogP contribution < -0.4 is 0 Å². The molecule has 0 N–H and O–H groups in total. The fourth-order valence-corrected chi connectivity index (χ4v) is 2.39. The van der Waals surface area contributed by atoms with Crippen molar-refractivity contribution in [3.8, 4) is 6.07 Å². The molecule has 0 amide bonds. The van der Waals surface area contributed by atoms with Gasteiger partial charge in [0.15, 0.2) is 0 Å². The number of nitrogens with zero attached hydrogens (tertiary/aromatic N) is 2. The number of Topliss-reactive ketones (excluding diaryl/α,β-unsaturated/α-hetero) is 1. The first kappa shape index (κ1) is 13.2. The standard InChI is InChI=1S/C8H14N2.C5H8O/c1-10(2)8(7-9)5-3-4-6-8;6-5-3-1-2-4-5/h3-6H2,1-2H3;1-4H2. The summed E-state index contributed by atoms with van der Waals surface area (Å²) in [5.41, 5.74) is -0.125. The van der Waals surface area contributed by atoms with Crippen LogP contribution in [0.2, 0.25) is 0 Å². The average molecular weight is 222 g/mol. The van der Waals surface area contributed by atoms with Gasteiger partial charge in [-0.05, 0) is 39.8 Å². The maximum absolute atomic E-state index is 10.2. The van der Waals surface area contributed by atoms with E-state index in [-0.39, 0.29) is 5.54 Å². The third-order valence-corrected chi connectivity index (χ3v) is 3.66. The summed E-state index contributed by atoms with van der Waals surface area (Å²) < 4.78 is 0. The maximum atomic E-state index is 10.2. The monoisotopic (exact) mass is 222 g/mol. The summed E-state index contributed by atoms with van der Waals surface area (Å²) in [5, 5.41) is 8.90. The first-order chi connectivity index (χ1) is 7.60. The van der Waals surface area contributed by atoms with Crippen molar-refractivity contribution in [1.29, 1.82) is 5.26 Å². The third kappa shape index (κ3) is 3.31. The van der Waals surface area contributed by atoms with Gasteiger partial charge in [-0.2, -0.15) is 5.26 Å². The Morgan fingerprint density at radius 1 is 1.12 bits per heavy atom. The summed E-state index contributed by atoms with van der Waals surface area (Å²) in [4.78, 5) is 12.3. The molecular weight excluding hydrogens is 200 g/mol. The molecule has 0 aliphatic heterocycles. The van der Waals surface area contributed by atoms with Crippen LogP contribution in [0.1, 0.15) is 51.4 Å². The minimum absolute atomic E-state index is 0.125. The number of hydrogen-bond acceptors (Lipinski definition) is 3. The Bertz CT molecular complexity index is 264. The van der Waals surface area contributed by atoms with E-state index in [1.54, 1.807) is 0 Å². The van der Waals surface area contributed by atoms with Crippen molar-refractivity contribution in [3.63, 3.8) is 0 Å². The highest BCUT2D eigenvalue weighted by molar-refractivity contribution is 5.80. The van der Waals surface area contributed by atoms with Gasteiger partial charge in [0, 0.05) is 12.8 Å². The Balaban J connectivity index is 0.000000181. The van der Waals surface area contributed by atoms with Crippen molar-refractivity contribution in [2.75, 3.05) is 14.1 Å². The van der Waals surface area contributed by atoms with Crippen LogP contribution in [0.15, 0.2) is 0 Å². The summed E-state index contributed by atoms with van der Waals surface area (Å²) in [6.45, 7) is 0. The molecule has 90 valence electrons. The van der Waals surface area contributed by atoms with Gasteiger partial charge in [0.25, 0.3) is 0 Å². The molecule has 2 aliphatic carbocycles. The van der Waals surface area contributed by atoms with Crippen LogP contribution in [0.5, 0.6) is 0 Å². The molecule has 2 rings (SSSR count). The van der Waals surface area contributed by atoms with Gasteiger partial charge in [-0.25, -0.2) is 0 Å². The van der Waals surface area contributed by atoms with Crippen LogP contribution in [0, 0.1) is 11.3 Å². The summed E-state index contributed by atoms with van der Waals surface area (Å²) in [6.07, 6.45) is 8.50. The van der Waals surface area contributed by atoms with Gasteiger partial charge in [-0.15, -0.1) is 0 Å². The normalized spacial score (nSPS) is 22.8. The van der Waals surface area contributed by atoms with Crippen molar-refractivity contribution in [2.24, 2.45) is 0 Å². The van der Waals surface area contributed by atoms with Crippen LogP contribution in [0.25, 0.3) is 0 Å². The van der Waals surface area contributed by atoms with E-state index in [2.05, 4.69) is 11.0 Å². The number of hydrogen-bond donors (Lipinski definition) is 0. The van der Waals surface area contributed by atoms with E-state index < -0.39 is 0 Å². The van der Waals surface area contributed by atoms with E-state index in [1.165, 1.54) is 12.8 Å². The van der Waals surface area contributed by atoms with Gasteiger partial charge in [0.1, 0.15) is 11.3 Å². The smallest absolute Gasteiger partial charge is 0.132 e. The van der Waals surface area contributed by atoms with Crippen LogP contribution in [0.3, 0.4) is 0 Å². The van der Waals surface area contributed by atoms with Crippen LogP contribution in [-0.2, 0) is 4.79 Å². The largest absolute Gasteiger partial charge is 0.300 e. The highest BCUT2D eigenvalue weighted by atomic mass is 16.1. The zero-order valence-electron chi connectivity index (χ0n) is 10.5. The molecule has 0 bridgehead atoms. The molecule has 2 aliphatic rings. The Hall–Kier alpha value is -0.880. The fraction of sp³-hybridized carbons (Fsp3) is 0.846. The maximum Gasteiger partial charge on any atom is 0.132 e. The Kier molecular flexibility index (Phi) is 4.95. The summed E-state index contributed by atoms with van der Waals surface area (Å²) in [6, 6.07) is 2.40. The van der Waals surface area contributed by atoms with Crippen LogP contribution >= 0.6 is 0 Å². The van der Waals surface area contributed by atoms with E-state index in [0.717, 1.165) is 38.5 Å². The molecule has 3 heteroatoms. The lowest BCUT2D eigenvalue weighted by molar-refractivity contribution is -0.117. The molecule has 3 nitrogen and oxygen atoms in total. The number of rotatable bonds is 1. The first-order valence-corrected chi connectivity index (χ1v) is 6.21. The summed E-state index contributed by atoms with van der Waals surface area (Å²) in [7, 11) is 3.99. The predicted octanol–water partition coefficient (Wildman–Crippen LogP) is 2.51. The molecule has 0 radical (unpaired) electrons. The number of carbonyl (C=O) groups is 1. The SMILES string of the molecule is CN(C)C1(C#N)CCCC1.O=C1CCCC1. The van der Waals surface area contributed by atoms with E-state index in [9.17, 15) is 4.79 Å². The minimum Gasteiger partial charge on any atom is -0.300 e. The average Bonchev–Trinajstić information content (AvgIpc) is 2.89. The number of ketones is 1. The Morgan fingerprint density at radius 3 is 1.81 bits per heavy atom. The molecule has 0 heterocycles. The summed E-state index contributed by atoms with van der Waals surface area (Å²) >= 11 is 0. The highest BCUT2D eigenvalue weighted by Gasteiger charge is 2.35. The Labute approximate surface area is 98.4 Å². The van der Waals surface area contributed by atoms with Gasteiger partial charge in [-0.1, -0.05) is 12.8 Å². The van der Waals surface area contributed by atoms with Gasteiger partial charge in [-0.3, -0.25) is 9.69 Å². The lowest BCUT2D eigenvalue weighted by Crippen LogP contribution is -2.39. The molecule has 0 atom stereocenters. The van der Waals surface area contributed by atoms with Crippen molar-refractivity contribution >= 4 is 5.78 Å². The minimum atomic E-state index is -0.125. The van der Waals surface area contributed by atoms with Crippen LogP contribution in [0.4, 0.5) is 0 Å². The molecule has 0 saturated heterocycles. The van der Waals surface area contributed by atoms with Gasteiger partial charge >= 0.3 is 0 Å². The Morgan fingerprint density at radius 2 is 1.62 bits per heavy atom. The topological polar surface area (TPSA) is 44.1 Å². The molecule has 0 unspecified atom stereocenters.